The van der Waals surface area contributed by atoms with Crippen molar-refractivity contribution in [2.45, 2.75) is 20.0 Å². The van der Waals surface area contributed by atoms with Crippen LogP contribution < -0.4 is 4.48 Å². The van der Waals surface area contributed by atoms with E-state index in [-0.39, 0.29) is 0 Å². The average molecular weight is 292 g/mol. The van der Waals surface area contributed by atoms with Gasteiger partial charge in [-0.2, -0.15) is 8.97 Å². The Labute approximate surface area is 129 Å². The molecule has 3 aromatic rings. The lowest BCUT2D eigenvalue weighted by Crippen LogP contribution is -2.76. The summed E-state index contributed by atoms with van der Waals surface area (Å²) in [5.41, 5.74) is 4.70. The third-order valence-electron chi connectivity index (χ3n) is 5.88. The summed E-state index contributed by atoms with van der Waals surface area (Å²) in [6.45, 7) is 5.68. The van der Waals surface area contributed by atoms with E-state index in [0.717, 1.165) is 26.8 Å². The van der Waals surface area contributed by atoms with Gasteiger partial charge >= 0.3 is 0 Å². The summed E-state index contributed by atoms with van der Waals surface area (Å²) in [6, 6.07) is 12.9. The van der Waals surface area contributed by atoms with Gasteiger partial charge in [0.05, 0.1) is 7.05 Å². The van der Waals surface area contributed by atoms with Crippen molar-refractivity contribution < 1.29 is 8.90 Å². The Hall–Kier alpha value is -2.10. The summed E-state index contributed by atoms with van der Waals surface area (Å²) in [5.74, 6) is 0. The lowest BCUT2D eigenvalue weighted by Gasteiger charge is -2.51. The Balaban J connectivity index is 1.80. The van der Waals surface area contributed by atoms with E-state index in [1.165, 1.54) is 22.0 Å². The zero-order valence-corrected chi connectivity index (χ0v) is 13.2. The summed E-state index contributed by atoms with van der Waals surface area (Å²) in [5, 5.41) is 2.45. The minimum Gasteiger partial charge on any atom is -0.456 e. The molecule has 0 amide bonds. The largest absolute Gasteiger partial charge is 0.456 e. The Morgan fingerprint density at radius 1 is 1.05 bits per heavy atom. The van der Waals surface area contributed by atoms with E-state index < -0.39 is 0 Å². The molecule has 3 unspecified atom stereocenters. The molecule has 1 saturated heterocycles. The molecule has 3 aliphatic rings. The minimum atomic E-state index is 0.564. The second-order valence-electron chi connectivity index (χ2n) is 7.08. The molecular weight excluding hydrogens is 272 g/mol. The molecule has 6 rings (SSSR count). The van der Waals surface area contributed by atoms with E-state index in [1.807, 2.05) is 12.1 Å². The standard InChI is InChI=1S/C19H20N2O/c1-13-10-19-16(15-6-4-5-7-18(15)22-19)11-17(13)21-9-8-20(3,12-21)14(21)2/h4-11,14H,12H2,1-3H3/q+2. The number of hydrogen-bond donors (Lipinski definition) is 0. The fourth-order valence-corrected chi connectivity index (χ4v) is 4.40. The van der Waals surface area contributed by atoms with Crippen LogP contribution in [0.3, 0.4) is 0 Å². The Morgan fingerprint density at radius 3 is 2.59 bits per heavy atom. The Kier molecular flexibility index (Phi) is 2.05. The highest BCUT2D eigenvalue weighted by Crippen LogP contribution is 2.49. The molecule has 4 heterocycles. The number of fused-ring (bicyclic) bond motifs is 3. The molecule has 0 spiro atoms. The second kappa shape index (κ2) is 3.62. The summed E-state index contributed by atoms with van der Waals surface area (Å²) in [7, 11) is 2.31. The number of hydrogen-bond acceptors (Lipinski definition) is 1. The highest BCUT2D eigenvalue weighted by Gasteiger charge is 2.66. The smallest absolute Gasteiger partial charge is 0.235 e. The third kappa shape index (κ3) is 1.25. The lowest BCUT2D eigenvalue weighted by molar-refractivity contribution is -0.941. The van der Waals surface area contributed by atoms with Gasteiger partial charge in [-0.25, -0.2) is 0 Å². The van der Waals surface area contributed by atoms with Crippen molar-refractivity contribution in [2.75, 3.05) is 13.7 Å². The summed E-state index contributed by atoms with van der Waals surface area (Å²) < 4.78 is 8.03. The van der Waals surface area contributed by atoms with Gasteiger partial charge in [0.1, 0.15) is 11.2 Å². The normalized spacial score (nSPS) is 32.8. The van der Waals surface area contributed by atoms with Gasteiger partial charge in [-0.3, -0.25) is 0 Å². The highest BCUT2D eigenvalue weighted by molar-refractivity contribution is 6.06. The van der Waals surface area contributed by atoms with Crippen molar-refractivity contribution in [3.8, 4) is 0 Å². The molecule has 0 radical (unpaired) electrons. The fourth-order valence-electron chi connectivity index (χ4n) is 4.40. The number of rotatable bonds is 1. The van der Waals surface area contributed by atoms with Gasteiger partial charge < -0.3 is 4.42 Å². The molecule has 2 bridgehead atoms. The van der Waals surface area contributed by atoms with Crippen molar-refractivity contribution in [2.24, 2.45) is 0 Å². The number of benzene rings is 2. The molecule has 1 fully saturated rings. The lowest BCUT2D eigenvalue weighted by atomic mass is 10.0. The quantitative estimate of drug-likeness (QED) is 0.604. The van der Waals surface area contributed by atoms with Crippen LogP contribution in [0.1, 0.15) is 12.5 Å². The van der Waals surface area contributed by atoms with Crippen LogP contribution in [0.4, 0.5) is 5.69 Å². The summed E-state index contributed by atoms with van der Waals surface area (Å²) >= 11 is 0. The third-order valence-corrected chi connectivity index (χ3v) is 5.88. The van der Waals surface area contributed by atoms with Gasteiger partial charge in [0.2, 0.25) is 12.8 Å². The molecule has 3 heteroatoms. The predicted molar refractivity (Wildman–Crippen MR) is 89.9 cm³/mol. The van der Waals surface area contributed by atoms with Crippen molar-refractivity contribution in [3.63, 3.8) is 0 Å². The average Bonchev–Trinajstić information content (AvgIpc) is 3.12. The van der Waals surface area contributed by atoms with Crippen LogP contribution in [0.25, 0.3) is 21.9 Å². The van der Waals surface area contributed by atoms with E-state index in [4.69, 9.17) is 4.42 Å². The maximum atomic E-state index is 6.01. The van der Waals surface area contributed by atoms with Gasteiger partial charge in [0.25, 0.3) is 0 Å². The van der Waals surface area contributed by atoms with E-state index >= 15 is 0 Å². The molecule has 0 saturated carbocycles. The van der Waals surface area contributed by atoms with Crippen LogP contribution in [0, 0.1) is 6.92 Å². The summed E-state index contributed by atoms with van der Waals surface area (Å²) in [6.07, 6.45) is 5.29. The van der Waals surface area contributed by atoms with E-state index in [1.54, 1.807) is 0 Å². The molecule has 0 aliphatic carbocycles. The van der Waals surface area contributed by atoms with Gasteiger partial charge in [0.15, 0.2) is 18.1 Å². The molecular formula is C19H20N2O+2. The van der Waals surface area contributed by atoms with Crippen LogP contribution in [-0.4, -0.2) is 24.4 Å². The molecule has 3 atom stereocenters. The summed E-state index contributed by atoms with van der Waals surface area (Å²) in [4.78, 5) is 0. The van der Waals surface area contributed by atoms with Crippen LogP contribution in [0.15, 0.2) is 53.2 Å². The zero-order chi connectivity index (χ0) is 15.1. The van der Waals surface area contributed by atoms with Crippen LogP contribution >= 0.6 is 0 Å². The van der Waals surface area contributed by atoms with E-state index in [2.05, 4.69) is 57.6 Å². The van der Waals surface area contributed by atoms with Crippen molar-refractivity contribution in [1.82, 2.24) is 4.48 Å². The number of quaternary nitrogens is 2. The fraction of sp³-hybridized carbons (Fsp3) is 0.263. The van der Waals surface area contributed by atoms with Gasteiger partial charge in [0, 0.05) is 29.3 Å². The second-order valence-corrected chi connectivity index (χ2v) is 7.08. The molecule has 22 heavy (non-hydrogen) atoms. The van der Waals surface area contributed by atoms with Crippen molar-refractivity contribution in [3.05, 3.63) is 54.4 Å². The zero-order valence-electron chi connectivity index (χ0n) is 13.2. The van der Waals surface area contributed by atoms with Crippen LogP contribution in [-0.2, 0) is 0 Å². The number of aryl methyl sites for hydroxylation is 1. The van der Waals surface area contributed by atoms with E-state index in [9.17, 15) is 0 Å². The van der Waals surface area contributed by atoms with Gasteiger partial charge in [-0.1, -0.05) is 18.2 Å². The Morgan fingerprint density at radius 2 is 1.86 bits per heavy atom. The molecule has 3 nitrogen and oxygen atoms in total. The predicted octanol–water partition coefficient (Wildman–Crippen LogP) is 4.45. The number of furan rings is 1. The van der Waals surface area contributed by atoms with Gasteiger partial charge in [-0.15, -0.1) is 0 Å². The van der Waals surface area contributed by atoms with E-state index in [0.29, 0.717) is 6.17 Å². The molecule has 2 aromatic carbocycles. The monoisotopic (exact) mass is 292 g/mol. The first kappa shape index (κ1) is 12.4. The molecule has 0 N–H and O–H groups in total. The first-order valence-electron chi connectivity index (χ1n) is 7.89. The molecule has 110 valence electrons. The molecule has 3 aliphatic heterocycles. The Bertz CT molecular complexity index is 970. The first-order chi connectivity index (χ1) is 10.5. The maximum absolute atomic E-state index is 6.01. The molecule has 1 aromatic heterocycles. The van der Waals surface area contributed by atoms with Crippen LogP contribution in [0.5, 0.6) is 0 Å². The minimum absolute atomic E-state index is 0.564. The van der Waals surface area contributed by atoms with Crippen LogP contribution in [0.2, 0.25) is 0 Å². The van der Waals surface area contributed by atoms with Gasteiger partial charge in [-0.05, 0) is 19.1 Å². The highest BCUT2D eigenvalue weighted by atomic mass is 16.3. The number of para-hydroxylation sites is 1. The maximum Gasteiger partial charge on any atom is 0.235 e. The van der Waals surface area contributed by atoms with Crippen molar-refractivity contribution in [1.29, 1.82) is 0 Å². The topological polar surface area (TPSA) is 13.1 Å². The SMILES string of the molecule is Cc1cc2oc3ccccc3c2cc1[N+]12C=C[N+](C)(C1)C2C. The first-order valence-corrected chi connectivity index (χ1v) is 7.89. The van der Waals surface area contributed by atoms with Crippen molar-refractivity contribution >= 4 is 27.6 Å². The number of nitrogens with zero attached hydrogens (tertiary/aromatic N) is 2.